The van der Waals surface area contributed by atoms with E-state index in [1.807, 2.05) is 0 Å². The predicted octanol–water partition coefficient (Wildman–Crippen LogP) is 2.30. The van der Waals surface area contributed by atoms with Gasteiger partial charge in [0.1, 0.15) is 46.8 Å². The minimum absolute atomic E-state index is 0.0415. The van der Waals surface area contributed by atoms with Crippen molar-refractivity contribution in [3.8, 4) is 5.75 Å². The monoisotopic (exact) mass is 681 g/mol. The molecule has 5 rings (SSSR count). The Morgan fingerprint density at radius 2 is 1.98 bits per heavy atom. The first-order chi connectivity index (χ1) is 20.5. The van der Waals surface area contributed by atoms with Crippen molar-refractivity contribution in [1.82, 2.24) is 9.55 Å². The van der Waals surface area contributed by atoms with Gasteiger partial charge in [-0.1, -0.05) is 6.07 Å². The molecule has 2 aromatic carbocycles. The maximum absolute atomic E-state index is 13.6. The largest absolute Gasteiger partial charge is 0.422 e. The van der Waals surface area contributed by atoms with Crippen molar-refractivity contribution in [1.29, 1.82) is 0 Å². The van der Waals surface area contributed by atoms with Crippen LogP contribution in [0, 0.1) is 5.82 Å². The number of aliphatic hydroxyl groups is 1. The summed E-state index contributed by atoms with van der Waals surface area (Å²) in [5.41, 5.74) is 4.06. The molecule has 1 saturated heterocycles. The molecule has 2 aromatic heterocycles. The number of carbonyl (C=O) groups is 1. The van der Waals surface area contributed by atoms with Crippen LogP contribution in [0.4, 0.5) is 10.2 Å². The third-order valence-corrected chi connectivity index (χ3v) is 7.46. The third kappa shape index (κ3) is 6.91. The summed E-state index contributed by atoms with van der Waals surface area (Å²) in [6.45, 7) is -0.275. The first kappa shape index (κ1) is 30.7. The van der Waals surface area contributed by atoms with Gasteiger partial charge in [-0.25, -0.2) is 18.8 Å². The van der Waals surface area contributed by atoms with E-state index in [1.54, 1.807) is 12.1 Å². The number of halogens is 2. The average molecular weight is 682 g/mol. The highest BCUT2D eigenvalue weighted by Gasteiger charge is 2.47. The van der Waals surface area contributed by atoms with E-state index in [9.17, 15) is 33.3 Å². The van der Waals surface area contributed by atoms with Gasteiger partial charge in [-0.15, -0.1) is 0 Å². The number of benzene rings is 2. The van der Waals surface area contributed by atoms with E-state index >= 15 is 0 Å². The molecule has 0 amide bonds. The van der Waals surface area contributed by atoms with Gasteiger partial charge in [-0.05, 0) is 57.9 Å². The lowest BCUT2D eigenvalue weighted by Gasteiger charge is -2.19. The summed E-state index contributed by atoms with van der Waals surface area (Å²) in [5, 5.41) is 11.1. The van der Waals surface area contributed by atoms with Crippen molar-refractivity contribution < 1.29 is 46.9 Å². The molecule has 1 aliphatic rings. The van der Waals surface area contributed by atoms with Gasteiger partial charge in [0.2, 0.25) is 0 Å². The molecule has 14 nitrogen and oxygen atoms in total. The standard InChI is InChI=1S/C26H22BrFN3O11P/c27-16-3-2-14(28)9-18(16)41-25(34)15-8-13-7-12(1-4-17(13)40-24(15)33)10-38-11-19-22(42-43(36)37)21(32)23(39-19)31-6-5-20(29)30-26(31)35/h1-9,19,21-23,32,43H,10-11H2,(H,36,37)(H2,29,30,35)/t19-,21-,22-,23-/m1/s1. The number of nitrogens with zero attached hydrogens (tertiary/aromatic N) is 2. The molecule has 3 heterocycles. The van der Waals surface area contributed by atoms with Crippen LogP contribution >= 0.6 is 24.2 Å². The fraction of sp³-hybridized carbons (Fsp3) is 0.231. The van der Waals surface area contributed by atoms with Crippen LogP contribution < -0.4 is 21.8 Å². The van der Waals surface area contributed by atoms with E-state index in [-0.39, 0.29) is 30.4 Å². The van der Waals surface area contributed by atoms with Crippen LogP contribution in [0.2, 0.25) is 0 Å². The smallest absolute Gasteiger partial charge is 0.351 e. The van der Waals surface area contributed by atoms with Gasteiger partial charge in [-0.3, -0.25) is 9.13 Å². The molecule has 5 atom stereocenters. The lowest BCUT2D eigenvalue weighted by molar-refractivity contribution is -0.0697. The van der Waals surface area contributed by atoms with Crippen molar-refractivity contribution in [2.45, 2.75) is 31.1 Å². The first-order valence-corrected chi connectivity index (χ1v) is 14.5. The van der Waals surface area contributed by atoms with Crippen LogP contribution in [0.1, 0.15) is 22.1 Å². The van der Waals surface area contributed by atoms with Crippen LogP contribution in [-0.2, 0) is 25.2 Å². The van der Waals surface area contributed by atoms with Gasteiger partial charge >= 0.3 is 25.5 Å². The van der Waals surface area contributed by atoms with E-state index in [2.05, 4.69) is 20.9 Å². The van der Waals surface area contributed by atoms with Gasteiger partial charge in [-0.2, -0.15) is 4.98 Å². The highest BCUT2D eigenvalue weighted by atomic mass is 79.9. The molecular weight excluding hydrogens is 660 g/mol. The summed E-state index contributed by atoms with van der Waals surface area (Å²) >= 11 is 3.15. The van der Waals surface area contributed by atoms with E-state index in [0.29, 0.717) is 15.4 Å². The van der Waals surface area contributed by atoms with Crippen molar-refractivity contribution in [2.75, 3.05) is 12.3 Å². The minimum Gasteiger partial charge on any atom is -0.422 e. The van der Waals surface area contributed by atoms with Gasteiger partial charge < -0.3 is 38.9 Å². The number of aliphatic hydroxyl groups excluding tert-OH is 1. The van der Waals surface area contributed by atoms with Crippen LogP contribution in [0.3, 0.4) is 0 Å². The molecular formula is C26H22BrFN3O11P. The zero-order valence-corrected chi connectivity index (χ0v) is 24.3. The van der Waals surface area contributed by atoms with E-state index in [1.165, 1.54) is 30.5 Å². The van der Waals surface area contributed by atoms with Gasteiger partial charge in [0.05, 0.1) is 17.7 Å². The number of hydrogen-bond acceptors (Lipinski definition) is 12. The molecule has 1 aliphatic heterocycles. The number of rotatable bonds is 9. The number of fused-ring (bicyclic) bond motifs is 1. The highest BCUT2D eigenvalue weighted by Crippen LogP contribution is 2.35. The molecule has 17 heteroatoms. The normalized spacial score (nSPS) is 20.7. The summed E-state index contributed by atoms with van der Waals surface area (Å²) in [5.74, 6) is -1.87. The third-order valence-electron chi connectivity index (χ3n) is 6.34. The topological polar surface area (TPSA) is 203 Å². The summed E-state index contributed by atoms with van der Waals surface area (Å²) in [6, 6.07) is 10.7. The molecule has 0 saturated carbocycles. The Labute approximate surface area is 249 Å². The number of hydrogen-bond donors (Lipinski definition) is 3. The van der Waals surface area contributed by atoms with Crippen LogP contribution in [0.15, 0.2) is 73.2 Å². The Bertz CT molecular complexity index is 1830. The number of ether oxygens (including phenoxy) is 3. The summed E-state index contributed by atoms with van der Waals surface area (Å²) in [7, 11) is -3.51. The van der Waals surface area contributed by atoms with Crippen molar-refractivity contribution in [3.63, 3.8) is 0 Å². The second-order valence-electron chi connectivity index (χ2n) is 9.25. The van der Waals surface area contributed by atoms with Crippen molar-refractivity contribution >= 4 is 46.9 Å². The fourth-order valence-electron chi connectivity index (χ4n) is 4.37. The Morgan fingerprint density at radius 3 is 2.72 bits per heavy atom. The Hall–Kier alpha value is -3.76. The predicted molar refractivity (Wildman–Crippen MR) is 150 cm³/mol. The molecule has 0 spiro atoms. The Balaban J connectivity index is 1.30. The average Bonchev–Trinajstić information content (AvgIpc) is 3.24. The molecule has 1 fully saturated rings. The number of esters is 1. The number of aromatic nitrogens is 2. The Morgan fingerprint density at radius 1 is 1.19 bits per heavy atom. The molecule has 0 radical (unpaired) electrons. The second kappa shape index (κ2) is 12.9. The molecule has 226 valence electrons. The lowest BCUT2D eigenvalue weighted by Crippen LogP contribution is -2.37. The molecule has 4 aromatic rings. The maximum Gasteiger partial charge on any atom is 0.351 e. The summed E-state index contributed by atoms with van der Waals surface area (Å²) in [4.78, 5) is 50.3. The maximum atomic E-state index is 13.6. The molecule has 0 bridgehead atoms. The molecule has 1 unspecified atom stereocenters. The first-order valence-electron chi connectivity index (χ1n) is 12.4. The number of carbonyl (C=O) groups excluding carboxylic acids is 1. The van der Waals surface area contributed by atoms with Crippen molar-refractivity contribution in [3.05, 3.63) is 97.0 Å². The summed E-state index contributed by atoms with van der Waals surface area (Å²) < 4.78 is 53.1. The quantitative estimate of drug-likeness (QED) is 0.101. The van der Waals surface area contributed by atoms with E-state index < -0.39 is 61.5 Å². The number of nitrogen functional groups attached to an aromatic ring is 1. The fourth-order valence-corrected chi connectivity index (χ4v) is 5.22. The zero-order valence-electron chi connectivity index (χ0n) is 21.7. The van der Waals surface area contributed by atoms with Crippen LogP contribution in [-0.4, -0.2) is 50.4 Å². The SMILES string of the molecule is Nc1ccn([C@@H]2O[C@H](COCc3ccc4oc(=O)c(C(=O)Oc5cc(F)ccc5Br)cc4c3)[C@@H](O[PH](=O)O)[C@H]2O)c(=O)n1. The van der Waals surface area contributed by atoms with Crippen LogP contribution in [0.25, 0.3) is 11.0 Å². The number of nitrogens with two attached hydrogens (primary N) is 1. The van der Waals surface area contributed by atoms with Gasteiger partial charge in [0.15, 0.2) is 6.23 Å². The van der Waals surface area contributed by atoms with Gasteiger partial charge in [0.25, 0.3) is 0 Å². The van der Waals surface area contributed by atoms with Crippen LogP contribution in [0.5, 0.6) is 5.75 Å². The van der Waals surface area contributed by atoms with E-state index in [0.717, 1.165) is 16.7 Å². The molecule has 4 N–H and O–H groups in total. The van der Waals surface area contributed by atoms with E-state index in [4.69, 9.17) is 28.9 Å². The van der Waals surface area contributed by atoms with Gasteiger partial charge in [0, 0.05) is 17.6 Å². The zero-order chi connectivity index (χ0) is 30.8. The number of anilines is 1. The highest BCUT2D eigenvalue weighted by molar-refractivity contribution is 9.10. The molecule has 43 heavy (non-hydrogen) atoms. The minimum atomic E-state index is -3.51. The second-order valence-corrected chi connectivity index (χ2v) is 10.9. The lowest BCUT2D eigenvalue weighted by atomic mass is 10.1. The Kier molecular flexibility index (Phi) is 9.17. The molecule has 0 aliphatic carbocycles. The van der Waals surface area contributed by atoms with Crippen molar-refractivity contribution in [2.24, 2.45) is 0 Å². The summed E-state index contributed by atoms with van der Waals surface area (Å²) in [6.07, 6.45) is -3.94.